The van der Waals surface area contributed by atoms with Crippen molar-refractivity contribution in [2.24, 2.45) is 29.1 Å². The molecule has 2 amide bonds. The number of hydrogen-bond acceptors (Lipinski definition) is 3. The summed E-state index contributed by atoms with van der Waals surface area (Å²) < 4.78 is 5.08. The van der Waals surface area contributed by atoms with Gasteiger partial charge in [0.05, 0.1) is 6.61 Å². The normalized spacial score (nSPS) is 36.2. The third-order valence-electron chi connectivity index (χ3n) is 7.48. The lowest BCUT2D eigenvalue weighted by molar-refractivity contribution is -0.141. The summed E-state index contributed by atoms with van der Waals surface area (Å²) in [4.78, 5) is 28.6. The number of piperidine rings is 1. The first-order valence-corrected chi connectivity index (χ1v) is 10.6. The van der Waals surface area contributed by atoms with Gasteiger partial charge in [0.2, 0.25) is 5.91 Å². The zero-order valence-corrected chi connectivity index (χ0v) is 16.4. The van der Waals surface area contributed by atoms with Crippen molar-refractivity contribution in [3.8, 4) is 0 Å². The van der Waals surface area contributed by atoms with Crippen LogP contribution in [0.1, 0.15) is 58.3 Å². The first kappa shape index (κ1) is 18.1. The summed E-state index contributed by atoms with van der Waals surface area (Å²) in [7, 11) is 2.01. The zero-order chi connectivity index (χ0) is 18.3. The fraction of sp³-hybridized carbons (Fsp3) is 0.905. The summed E-state index contributed by atoms with van der Waals surface area (Å²) in [6, 6.07) is 0. The molecule has 4 bridgehead atoms. The Labute approximate surface area is 157 Å². The van der Waals surface area contributed by atoms with Gasteiger partial charge in [0, 0.05) is 32.6 Å². The number of ether oxygens (including phenoxy) is 1. The Morgan fingerprint density at radius 1 is 1.04 bits per heavy atom. The molecular formula is C21H34N2O3. The minimum atomic E-state index is -0.236. The maximum absolute atomic E-state index is 13.0. The summed E-state index contributed by atoms with van der Waals surface area (Å²) in [5.74, 6) is 3.15. The van der Waals surface area contributed by atoms with Gasteiger partial charge in [-0.15, -0.1) is 0 Å². The third kappa shape index (κ3) is 3.46. The predicted octanol–water partition coefficient (Wildman–Crippen LogP) is 3.53. The molecular weight excluding hydrogens is 328 g/mol. The van der Waals surface area contributed by atoms with Crippen molar-refractivity contribution in [2.75, 3.05) is 33.3 Å². The Morgan fingerprint density at radius 2 is 1.58 bits per heavy atom. The lowest BCUT2D eigenvalue weighted by Crippen LogP contribution is -2.52. The smallest absolute Gasteiger partial charge is 0.409 e. The van der Waals surface area contributed by atoms with Crippen molar-refractivity contribution in [3.05, 3.63) is 0 Å². The average molecular weight is 363 g/mol. The van der Waals surface area contributed by atoms with E-state index in [4.69, 9.17) is 4.74 Å². The van der Waals surface area contributed by atoms with E-state index >= 15 is 0 Å². The number of nitrogens with zero attached hydrogens (tertiary/aromatic N) is 2. The van der Waals surface area contributed by atoms with E-state index in [1.807, 2.05) is 18.9 Å². The lowest BCUT2D eigenvalue weighted by Gasteiger charge is -2.57. The Kier molecular flexibility index (Phi) is 4.91. The van der Waals surface area contributed by atoms with Gasteiger partial charge in [0.25, 0.3) is 0 Å². The second-order valence-electron chi connectivity index (χ2n) is 9.57. The number of likely N-dealkylation sites (tertiary alicyclic amines) is 1. The highest BCUT2D eigenvalue weighted by Crippen LogP contribution is 2.60. The second kappa shape index (κ2) is 7.05. The van der Waals surface area contributed by atoms with Crippen LogP contribution in [0.25, 0.3) is 0 Å². The van der Waals surface area contributed by atoms with Gasteiger partial charge < -0.3 is 14.5 Å². The molecule has 0 spiro atoms. The summed E-state index contributed by atoms with van der Waals surface area (Å²) >= 11 is 0. The van der Waals surface area contributed by atoms with Gasteiger partial charge >= 0.3 is 6.09 Å². The quantitative estimate of drug-likeness (QED) is 0.769. The molecule has 5 fully saturated rings. The molecule has 5 aliphatic rings. The van der Waals surface area contributed by atoms with Gasteiger partial charge in [-0.25, -0.2) is 4.79 Å². The Balaban J connectivity index is 1.31. The van der Waals surface area contributed by atoms with E-state index in [1.54, 1.807) is 4.90 Å². The van der Waals surface area contributed by atoms with Crippen molar-refractivity contribution in [3.63, 3.8) is 0 Å². The molecule has 5 heteroatoms. The molecule has 0 unspecified atom stereocenters. The Bertz CT molecular complexity index is 518. The number of hydrogen-bond donors (Lipinski definition) is 0. The molecule has 1 aliphatic heterocycles. The predicted molar refractivity (Wildman–Crippen MR) is 99.6 cm³/mol. The first-order valence-electron chi connectivity index (χ1n) is 10.6. The zero-order valence-electron chi connectivity index (χ0n) is 16.4. The summed E-state index contributed by atoms with van der Waals surface area (Å²) in [5.41, 5.74) is 0.408. The SMILES string of the molecule is CCOC(=O)N1CCC(C(=O)N(C)CC23CC4CC(CC(C4)C2)C3)CC1. The van der Waals surface area contributed by atoms with Crippen LogP contribution in [-0.2, 0) is 9.53 Å². The molecule has 0 N–H and O–H groups in total. The van der Waals surface area contributed by atoms with E-state index in [2.05, 4.69) is 0 Å². The van der Waals surface area contributed by atoms with Crippen LogP contribution in [0.4, 0.5) is 4.79 Å². The third-order valence-corrected chi connectivity index (χ3v) is 7.48. The van der Waals surface area contributed by atoms with Crippen molar-refractivity contribution < 1.29 is 14.3 Å². The van der Waals surface area contributed by atoms with Crippen molar-refractivity contribution in [1.82, 2.24) is 9.80 Å². The highest BCUT2D eigenvalue weighted by molar-refractivity contribution is 5.79. The molecule has 4 saturated carbocycles. The van der Waals surface area contributed by atoms with Gasteiger partial charge in [0.15, 0.2) is 0 Å². The summed E-state index contributed by atoms with van der Waals surface area (Å²) in [5, 5.41) is 0. The number of amides is 2. The summed E-state index contributed by atoms with van der Waals surface area (Å²) in [6.07, 6.45) is 9.68. The maximum atomic E-state index is 13.0. The molecule has 1 saturated heterocycles. The maximum Gasteiger partial charge on any atom is 0.409 e. The highest BCUT2D eigenvalue weighted by Gasteiger charge is 2.51. The molecule has 1 heterocycles. The summed E-state index contributed by atoms with van der Waals surface area (Å²) in [6.45, 7) is 4.47. The van der Waals surface area contributed by atoms with Crippen molar-refractivity contribution in [1.29, 1.82) is 0 Å². The van der Waals surface area contributed by atoms with Crippen molar-refractivity contribution >= 4 is 12.0 Å². The minimum absolute atomic E-state index is 0.0691. The van der Waals surface area contributed by atoms with E-state index in [0.29, 0.717) is 31.0 Å². The van der Waals surface area contributed by atoms with Crippen LogP contribution >= 0.6 is 0 Å². The van der Waals surface area contributed by atoms with E-state index in [0.717, 1.165) is 37.1 Å². The first-order chi connectivity index (χ1) is 12.5. The molecule has 146 valence electrons. The van der Waals surface area contributed by atoms with E-state index in [-0.39, 0.29) is 12.0 Å². The molecule has 0 atom stereocenters. The van der Waals surface area contributed by atoms with E-state index < -0.39 is 0 Å². The lowest BCUT2D eigenvalue weighted by atomic mass is 9.49. The van der Waals surface area contributed by atoms with Gasteiger partial charge in [-0.3, -0.25) is 4.79 Å². The fourth-order valence-electron chi connectivity index (χ4n) is 6.90. The monoisotopic (exact) mass is 362 g/mol. The van der Waals surface area contributed by atoms with E-state index in [1.165, 1.54) is 38.5 Å². The van der Waals surface area contributed by atoms with Gasteiger partial charge in [-0.2, -0.15) is 0 Å². The highest BCUT2D eigenvalue weighted by atomic mass is 16.6. The van der Waals surface area contributed by atoms with Crippen LogP contribution in [0.3, 0.4) is 0 Å². The molecule has 4 aliphatic carbocycles. The second-order valence-corrected chi connectivity index (χ2v) is 9.57. The van der Waals surface area contributed by atoms with Crippen LogP contribution in [0.15, 0.2) is 0 Å². The van der Waals surface area contributed by atoms with Crippen LogP contribution in [0, 0.1) is 29.1 Å². The molecule has 0 radical (unpaired) electrons. The van der Waals surface area contributed by atoms with Crippen LogP contribution in [-0.4, -0.2) is 55.1 Å². The Hall–Kier alpha value is -1.26. The van der Waals surface area contributed by atoms with E-state index in [9.17, 15) is 9.59 Å². The number of carbonyl (C=O) groups is 2. The van der Waals surface area contributed by atoms with Crippen LogP contribution in [0.5, 0.6) is 0 Å². The average Bonchev–Trinajstić information content (AvgIpc) is 2.60. The number of rotatable bonds is 4. The molecule has 0 aromatic carbocycles. The topological polar surface area (TPSA) is 49.9 Å². The van der Waals surface area contributed by atoms with Gasteiger partial charge in [-0.1, -0.05) is 0 Å². The standard InChI is InChI=1S/C21H34N2O3/c1-3-26-20(25)23-6-4-18(5-7-23)19(24)22(2)14-21-11-15-8-16(12-21)10-17(9-15)13-21/h15-18H,3-14H2,1-2H3. The van der Waals surface area contributed by atoms with Gasteiger partial charge in [0.1, 0.15) is 0 Å². The van der Waals surface area contributed by atoms with Crippen LogP contribution in [0.2, 0.25) is 0 Å². The Morgan fingerprint density at radius 3 is 2.08 bits per heavy atom. The van der Waals surface area contributed by atoms with Crippen molar-refractivity contribution in [2.45, 2.75) is 58.3 Å². The van der Waals surface area contributed by atoms with Crippen LogP contribution < -0.4 is 0 Å². The fourth-order valence-corrected chi connectivity index (χ4v) is 6.90. The molecule has 0 aromatic heterocycles. The largest absolute Gasteiger partial charge is 0.450 e. The van der Waals surface area contributed by atoms with Gasteiger partial charge in [-0.05, 0) is 81.5 Å². The molecule has 26 heavy (non-hydrogen) atoms. The molecule has 5 rings (SSSR count). The molecule has 0 aromatic rings. The number of carbonyl (C=O) groups excluding carboxylic acids is 2. The minimum Gasteiger partial charge on any atom is -0.450 e. The molecule has 5 nitrogen and oxygen atoms in total.